The maximum atomic E-state index is 10.9. The molecule has 1 aromatic rings. The van der Waals surface area contributed by atoms with E-state index in [1.807, 2.05) is 0 Å². The number of nitrogens with zero attached hydrogens (tertiary/aromatic N) is 4. The third kappa shape index (κ3) is 5.28. The number of nitro benzene ring substituents is 2. The van der Waals surface area contributed by atoms with E-state index in [-0.39, 0.29) is 18.5 Å². The van der Waals surface area contributed by atoms with Crippen LogP contribution in [0.4, 0.5) is 17.1 Å². The normalized spacial score (nSPS) is 12.0. The Hall–Kier alpha value is -3.15. The van der Waals surface area contributed by atoms with Crippen molar-refractivity contribution in [3.63, 3.8) is 0 Å². The van der Waals surface area contributed by atoms with Gasteiger partial charge in [0.25, 0.3) is 5.69 Å². The maximum absolute atomic E-state index is 10.9. The number of rotatable bonds is 9. The Morgan fingerprint density at radius 1 is 1.22 bits per heavy atom. The monoisotopic (exact) mass is 327 g/mol. The average Bonchev–Trinajstić information content (AvgIpc) is 2.50. The number of nitro groups is 3. The molecule has 0 aromatic heterocycles. The lowest BCUT2D eigenvalue weighted by molar-refractivity contribution is -0.526. The highest BCUT2D eigenvalue weighted by Crippen LogP contribution is 2.28. The van der Waals surface area contributed by atoms with Crippen LogP contribution in [0.5, 0.6) is 0 Å². The molecule has 0 heterocycles. The zero-order valence-corrected chi connectivity index (χ0v) is 11.7. The van der Waals surface area contributed by atoms with Crippen molar-refractivity contribution in [3.05, 3.63) is 48.5 Å². The fourth-order valence-corrected chi connectivity index (χ4v) is 1.59. The van der Waals surface area contributed by atoms with Crippen LogP contribution in [0, 0.1) is 30.3 Å². The number of hydrogen-bond acceptors (Lipinski definition) is 9. The van der Waals surface area contributed by atoms with Gasteiger partial charge in [-0.1, -0.05) is 0 Å². The summed E-state index contributed by atoms with van der Waals surface area (Å²) in [5.41, 5.74) is 1.36. The number of nitrogens with one attached hydrogen (secondary N) is 1. The number of aliphatic hydroxyl groups excluding tert-OH is 1. The van der Waals surface area contributed by atoms with Gasteiger partial charge in [-0.05, 0) is 12.5 Å². The van der Waals surface area contributed by atoms with E-state index in [1.54, 1.807) is 0 Å². The van der Waals surface area contributed by atoms with Crippen molar-refractivity contribution in [2.75, 3.05) is 12.0 Å². The van der Waals surface area contributed by atoms with E-state index in [2.05, 4.69) is 10.5 Å². The fraction of sp³-hybridized carbons (Fsp3) is 0.364. The molecule has 0 amide bonds. The molecule has 1 aromatic carbocycles. The molecule has 0 saturated carbocycles. The van der Waals surface area contributed by atoms with Crippen LogP contribution in [0.1, 0.15) is 12.8 Å². The van der Waals surface area contributed by atoms with Gasteiger partial charge < -0.3 is 5.11 Å². The van der Waals surface area contributed by atoms with E-state index in [9.17, 15) is 30.3 Å². The minimum Gasteiger partial charge on any atom is -0.389 e. The fourth-order valence-electron chi connectivity index (χ4n) is 1.59. The molecule has 1 atom stereocenters. The molecular weight excluding hydrogens is 314 g/mol. The average molecular weight is 327 g/mol. The summed E-state index contributed by atoms with van der Waals surface area (Å²) in [6, 6.07) is 1.92. The summed E-state index contributed by atoms with van der Waals surface area (Å²) in [7, 11) is 0. The van der Waals surface area contributed by atoms with E-state index in [1.165, 1.54) is 6.21 Å². The van der Waals surface area contributed by atoms with Crippen molar-refractivity contribution < 1.29 is 19.9 Å². The molecule has 12 heteroatoms. The molecule has 2 N–H and O–H groups in total. The second-order valence-corrected chi connectivity index (χ2v) is 4.34. The standard InChI is InChI=1S/C11H13N5O7/c17-7-9(15(20)21)2-1-5-12-13-10-4-3-8(14(18)19)6-11(10)16(22)23/h3-6,9,13,17H,1-2,7H2/b12-5+. The topological polar surface area (TPSA) is 174 Å². The smallest absolute Gasteiger partial charge is 0.301 e. The molecule has 124 valence electrons. The summed E-state index contributed by atoms with van der Waals surface area (Å²) in [6.07, 6.45) is 1.48. The zero-order valence-electron chi connectivity index (χ0n) is 11.7. The molecule has 1 unspecified atom stereocenters. The van der Waals surface area contributed by atoms with E-state index >= 15 is 0 Å². The second-order valence-electron chi connectivity index (χ2n) is 4.34. The number of aliphatic hydroxyl groups is 1. The molecule has 0 radical (unpaired) electrons. The Bertz CT molecular complexity index is 633. The first-order valence-corrected chi connectivity index (χ1v) is 6.31. The highest BCUT2D eigenvalue weighted by Gasteiger charge is 2.19. The van der Waals surface area contributed by atoms with Crippen molar-refractivity contribution in [1.29, 1.82) is 0 Å². The first-order valence-electron chi connectivity index (χ1n) is 6.31. The van der Waals surface area contributed by atoms with Crippen molar-refractivity contribution in [1.82, 2.24) is 0 Å². The van der Waals surface area contributed by atoms with Gasteiger partial charge in [0.15, 0.2) is 0 Å². The third-order valence-corrected chi connectivity index (χ3v) is 2.80. The van der Waals surface area contributed by atoms with Gasteiger partial charge in [0.1, 0.15) is 12.3 Å². The molecule has 0 fully saturated rings. The van der Waals surface area contributed by atoms with Crippen LogP contribution in [0.25, 0.3) is 0 Å². The molecule has 0 bridgehead atoms. The second kappa shape index (κ2) is 8.33. The lowest BCUT2D eigenvalue weighted by Gasteiger charge is -2.04. The summed E-state index contributed by atoms with van der Waals surface area (Å²) in [6.45, 7) is -0.595. The van der Waals surface area contributed by atoms with Crippen LogP contribution in [-0.4, -0.2) is 38.7 Å². The Morgan fingerprint density at radius 2 is 1.91 bits per heavy atom. The van der Waals surface area contributed by atoms with Gasteiger partial charge in [-0.25, -0.2) is 0 Å². The van der Waals surface area contributed by atoms with E-state index in [0.717, 1.165) is 18.2 Å². The van der Waals surface area contributed by atoms with Gasteiger partial charge in [0.05, 0.1) is 15.9 Å². The first kappa shape index (κ1) is 17.9. The van der Waals surface area contributed by atoms with Crippen molar-refractivity contribution in [3.8, 4) is 0 Å². The predicted octanol–water partition coefficient (Wildman–Crippen LogP) is 1.32. The molecule has 0 saturated heterocycles. The van der Waals surface area contributed by atoms with Crippen LogP contribution in [-0.2, 0) is 0 Å². The van der Waals surface area contributed by atoms with Gasteiger partial charge in [-0.3, -0.25) is 35.8 Å². The molecule has 0 aliphatic heterocycles. The third-order valence-electron chi connectivity index (χ3n) is 2.80. The summed E-state index contributed by atoms with van der Waals surface area (Å²) in [5.74, 6) is 0. The van der Waals surface area contributed by atoms with Crippen molar-refractivity contribution in [2.45, 2.75) is 18.9 Å². The maximum Gasteiger partial charge on any atom is 0.301 e. The number of anilines is 1. The highest BCUT2D eigenvalue weighted by molar-refractivity contribution is 5.67. The number of benzene rings is 1. The van der Waals surface area contributed by atoms with Gasteiger partial charge in [0, 0.05) is 23.6 Å². The Kier molecular flexibility index (Phi) is 6.48. The zero-order chi connectivity index (χ0) is 17.4. The Balaban J connectivity index is 2.70. The van der Waals surface area contributed by atoms with Gasteiger partial charge in [0.2, 0.25) is 6.04 Å². The number of hydrogen-bond donors (Lipinski definition) is 2. The van der Waals surface area contributed by atoms with Gasteiger partial charge in [-0.2, -0.15) is 5.10 Å². The predicted molar refractivity (Wildman–Crippen MR) is 79.0 cm³/mol. The van der Waals surface area contributed by atoms with E-state index in [4.69, 9.17) is 5.11 Å². The Labute approximate surface area is 128 Å². The Morgan fingerprint density at radius 3 is 2.43 bits per heavy atom. The summed E-state index contributed by atoms with van der Waals surface area (Å²) in [4.78, 5) is 29.8. The van der Waals surface area contributed by atoms with Crippen molar-refractivity contribution >= 4 is 23.3 Å². The number of non-ortho nitro benzene ring substituents is 1. The van der Waals surface area contributed by atoms with E-state index < -0.39 is 38.8 Å². The van der Waals surface area contributed by atoms with Crippen molar-refractivity contribution in [2.24, 2.45) is 5.10 Å². The van der Waals surface area contributed by atoms with E-state index in [0.29, 0.717) is 0 Å². The minimum atomic E-state index is -1.10. The SMILES string of the molecule is O=[N+]([O-])c1ccc(N/N=C/CCC(CO)[N+](=O)[O-])c([N+](=O)[O-])c1. The molecule has 12 nitrogen and oxygen atoms in total. The largest absolute Gasteiger partial charge is 0.389 e. The molecule has 0 spiro atoms. The molecule has 1 rings (SSSR count). The minimum absolute atomic E-state index is 0.0511. The summed E-state index contributed by atoms with van der Waals surface area (Å²) < 4.78 is 0. The summed E-state index contributed by atoms with van der Waals surface area (Å²) >= 11 is 0. The molecule has 23 heavy (non-hydrogen) atoms. The van der Waals surface area contributed by atoms with Crippen LogP contribution in [0.3, 0.4) is 0 Å². The van der Waals surface area contributed by atoms with Crippen LogP contribution >= 0.6 is 0 Å². The lowest BCUT2D eigenvalue weighted by Crippen LogP contribution is -2.23. The van der Waals surface area contributed by atoms with Crippen LogP contribution in [0.2, 0.25) is 0 Å². The molecule has 0 aliphatic rings. The quantitative estimate of drug-likeness (QED) is 0.387. The summed E-state index contributed by atoms with van der Waals surface area (Å²) in [5, 5.41) is 44.4. The lowest BCUT2D eigenvalue weighted by atomic mass is 10.2. The molecule has 0 aliphatic carbocycles. The van der Waals surface area contributed by atoms with Gasteiger partial charge >= 0.3 is 5.69 Å². The van der Waals surface area contributed by atoms with Crippen LogP contribution < -0.4 is 5.43 Å². The number of hydrazone groups is 1. The van der Waals surface area contributed by atoms with Crippen LogP contribution in [0.15, 0.2) is 23.3 Å². The van der Waals surface area contributed by atoms with Gasteiger partial charge in [-0.15, -0.1) is 0 Å². The highest BCUT2D eigenvalue weighted by atomic mass is 16.6. The molecular formula is C11H13N5O7. The first-order chi connectivity index (χ1) is 10.9.